The van der Waals surface area contributed by atoms with Gasteiger partial charge in [-0.1, -0.05) is 11.3 Å². The smallest absolute Gasteiger partial charge is 0.277 e. The van der Waals surface area contributed by atoms with Crippen LogP contribution < -0.4 is 5.32 Å². The van der Waals surface area contributed by atoms with Crippen LogP contribution in [0.15, 0.2) is 47.8 Å². The van der Waals surface area contributed by atoms with Crippen molar-refractivity contribution in [3.8, 4) is 0 Å². The summed E-state index contributed by atoms with van der Waals surface area (Å²) in [4.78, 5) is 40.5. The number of thiazole rings is 1. The second-order valence-electron chi connectivity index (χ2n) is 8.05. The molecule has 10 nitrogen and oxygen atoms in total. The van der Waals surface area contributed by atoms with Crippen molar-refractivity contribution in [3.05, 3.63) is 64.7 Å². The minimum atomic E-state index is -3.51. The second-order valence-corrected chi connectivity index (χ2v) is 11.1. The lowest BCUT2D eigenvalue weighted by Crippen LogP contribution is -2.35. The van der Waals surface area contributed by atoms with Crippen molar-refractivity contribution in [3.63, 3.8) is 0 Å². The lowest BCUT2D eigenvalue weighted by Gasteiger charge is -2.26. The summed E-state index contributed by atoms with van der Waals surface area (Å²) in [6, 6.07) is 6.15. The molecular formula is C22H22N6O4S2. The normalized spacial score (nSPS) is 16.3. The first-order valence-electron chi connectivity index (χ1n) is 10.9. The number of rotatable bonds is 5. The maximum Gasteiger partial charge on any atom is 0.277 e. The maximum absolute atomic E-state index is 13.1. The third kappa shape index (κ3) is 4.43. The van der Waals surface area contributed by atoms with Crippen molar-refractivity contribution in [1.82, 2.24) is 24.2 Å². The van der Waals surface area contributed by atoms with Gasteiger partial charge in [-0.2, -0.15) is 4.31 Å². The summed E-state index contributed by atoms with van der Waals surface area (Å²) < 4.78 is 26.9. The number of carbonyl (C=O) groups is 2. The Morgan fingerprint density at radius 2 is 1.79 bits per heavy atom. The van der Waals surface area contributed by atoms with E-state index in [9.17, 15) is 18.0 Å². The molecule has 0 atom stereocenters. The molecule has 1 fully saturated rings. The zero-order chi connectivity index (χ0) is 23.7. The largest absolute Gasteiger partial charge is 0.333 e. The van der Waals surface area contributed by atoms with Crippen LogP contribution in [0.3, 0.4) is 0 Å². The topological polar surface area (TPSA) is 125 Å². The average Bonchev–Trinajstić information content (AvgIpc) is 3.54. The molecule has 34 heavy (non-hydrogen) atoms. The Hall–Kier alpha value is -3.22. The summed E-state index contributed by atoms with van der Waals surface area (Å²) in [6.45, 7) is 1.94. The van der Waals surface area contributed by atoms with Crippen LogP contribution in [-0.2, 0) is 23.0 Å². The molecule has 1 saturated heterocycles. The summed E-state index contributed by atoms with van der Waals surface area (Å²) in [6.07, 6.45) is 6.63. The molecule has 12 heteroatoms. The number of fused-ring (bicyclic) bond motifs is 1. The number of sulfonamides is 1. The number of hydrogen-bond acceptors (Lipinski definition) is 8. The van der Waals surface area contributed by atoms with E-state index in [1.54, 1.807) is 17.0 Å². The Morgan fingerprint density at radius 3 is 2.50 bits per heavy atom. The molecule has 2 aliphatic heterocycles. The Balaban J connectivity index is 1.26. The predicted molar refractivity (Wildman–Crippen MR) is 125 cm³/mol. The van der Waals surface area contributed by atoms with Crippen LogP contribution in [0.4, 0.5) is 5.13 Å². The highest BCUT2D eigenvalue weighted by molar-refractivity contribution is 7.89. The molecule has 3 aromatic rings. The fourth-order valence-corrected chi connectivity index (χ4v) is 6.57. The van der Waals surface area contributed by atoms with E-state index in [1.807, 2.05) is 0 Å². The average molecular weight is 499 g/mol. The number of benzene rings is 1. The Morgan fingerprint density at radius 1 is 1.03 bits per heavy atom. The van der Waals surface area contributed by atoms with Crippen LogP contribution in [0.25, 0.3) is 0 Å². The molecule has 4 heterocycles. The fraction of sp³-hybridized carbons (Fsp3) is 0.318. The number of aromatic nitrogens is 3. The first-order chi connectivity index (χ1) is 16.4. The molecule has 0 radical (unpaired) electrons. The van der Waals surface area contributed by atoms with E-state index in [2.05, 4.69) is 20.3 Å². The number of hydrogen-bond donors (Lipinski definition) is 1. The molecule has 2 aliphatic rings. The van der Waals surface area contributed by atoms with Gasteiger partial charge in [-0.05, 0) is 37.1 Å². The second kappa shape index (κ2) is 9.20. The molecule has 176 valence electrons. The van der Waals surface area contributed by atoms with Gasteiger partial charge in [-0.25, -0.2) is 18.4 Å². The van der Waals surface area contributed by atoms with Crippen molar-refractivity contribution in [1.29, 1.82) is 0 Å². The molecule has 1 aromatic carbocycles. The predicted octanol–water partition coefficient (Wildman–Crippen LogP) is 2.17. The minimum Gasteiger partial charge on any atom is -0.333 e. The number of carbonyl (C=O) groups excluding carboxylic acids is 2. The zero-order valence-corrected chi connectivity index (χ0v) is 19.8. The third-order valence-electron chi connectivity index (χ3n) is 5.84. The first kappa shape index (κ1) is 22.6. The molecular weight excluding hydrogens is 476 g/mol. The van der Waals surface area contributed by atoms with E-state index in [1.165, 1.54) is 46.4 Å². The highest BCUT2D eigenvalue weighted by atomic mass is 32.2. The molecule has 0 spiro atoms. The van der Waals surface area contributed by atoms with Gasteiger partial charge < -0.3 is 4.90 Å². The van der Waals surface area contributed by atoms with E-state index < -0.39 is 15.9 Å². The standard InChI is InChI=1S/C22H22N6O4S2/c29-20(18-13-23-8-9-24-18)26-22-25-17-7-12-27(14-19(17)33-22)21(30)15-3-5-16(6-4-15)34(31,32)28-10-1-2-11-28/h3-6,8-9,13H,1-2,7,10-12,14H2,(H,25,26,29). The molecule has 2 amide bonds. The van der Waals surface area contributed by atoms with Crippen molar-refractivity contribution in [2.75, 3.05) is 25.0 Å². The molecule has 0 bridgehead atoms. The van der Waals surface area contributed by atoms with Gasteiger partial charge >= 0.3 is 0 Å². The van der Waals surface area contributed by atoms with Crippen LogP contribution >= 0.6 is 11.3 Å². The van der Waals surface area contributed by atoms with E-state index in [0.29, 0.717) is 43.3 Å². The van der Waals surface area contributed by atoms with Crippen molar-refractivity contribution >= 4 is 38.3 Å². The molecule has 1 N–H and O–H groups in total. The summed E-state index contributed by atoms with van der Waals surface area (Å²) in [5.41, 5.74) is 1.49. The maximum atomic E-state index is 13.1. The molecule has 0 aliphatic carbocycles. The third-order valence-corrected chi connectivity index (χ3v) is 8.75. The lowest BCUT2D eigenvalue weighted by atomic mass is 10.1. The van der Waals surface area contributed by atoms with Gasteiger partial charge in [-0.15, -0.1) is 0 Å². The van der Waals surface area contributed by atoms with Gasteiger partial charge in [0.15, 0.2) is 5.13 Å². The Kier molecular flexibility index (Phi) is 6.11. The highest BCUT2D eigenvalue weighted by Gasteiger charge is 2.29. The van der Waals surface area contributed by atoms with Gasteiger partial charge in [0.1, 0.15) is 5.69 Å². The van der Waals surface area contributed by atoms with Gasteiger partial charge in [0.25, 0.3) is 11.8 Å². The first-order valence-corrected chi connectivity index (χ1v) is 13.1. The monoisotopic (exact) mass is 498 g/mol. The van der Waals surface area contributed by atoms with Crippen LogP contribution in [0.2, 0.25) is 0 Å². The number of nitrogens with zero attached hydrogens (tertiary/aromatic N) is 5. The summed E-state index contributed by atoms with van der Waals surface area (Å²) in [7, 11) is -3.51. The van der Waals surface area contributed by atoms with Crippen LogP contribution in [0.1, 0.15) is 44.3 Å². The summed E-state index contributed by atoms with van der Waals surface area (Å²) in [5, 5.41) is 3.19. The van der Waals surface area contributed by atoms with Crippen LogP contribution in [-0.4, -0.2) is 64.0 Å². The zero-order valence-electron chi connectivity index (χ0n) is 18.2. The quantitative estimate of drug-likeness (QED) is 0.571. The molecule has 0 unspecified atom stereocenters. The fourth-order valence-electron chi connectivity index (χ4n) is 4.03. The van der Waals surface area contributed by atoms with Gasteiger partial charge in [0.2, 0.25) is 10.0 Å². The SMILES string of the molecule is O=C(Nc1nc2c(s1)CN(C(=O)c1ccc(S(=O)(=O)N3CCCC3)cc1)CC2)c1cnccn1. The Bertz CT molecular complexity index is 1320. The number of amides is 2. The van der Waals surface area contributed by atoms with E-state index in [4.69, 9.17) is 0 Å². The van der Waals surface area contributed by atoms with E-state index >= 15 is 0 Å². The summed E-state index contributed by atoms with van der Waals surface area (Å²) >= 11 is 1.32. The van der Waals surface area contributed by atoms with Gasteiger partial charge in [0, 0.05) is 48.9 Å². The van der Waals surface area contributed by atoms with Crippen molar-refractivity contribution < 1.29 is 18.0 Å². The van der Waals surface area contributed by atoms with E-state index in [0.717, 1.165) is 23.4 Å². The van der Waals surface area contributed by atoms with Crippen molar-refractivity contribution in [2.24, 2.45) is 0 Å². The van der Waals surface area contributed by atoms with Crippen molar-refractivity contribution in [2.45, 2.75) is 30.7 Å². The highest BCUT2D eigenvalue weighted by Crippen LogP contribution is 2.29. The molecule has 0 saturated carbocycles. The van der Waals surface area contributed by atoms with Crippen LogP contribution in [0, 0.1) is 0 Å². The lowest BCUT2D eigenvalue weighted by molar-refractivity contribution is 0.0736. The number of nitrogens with one attached hydrogen (secondary N) is 1. The van der Waals surface area contributed by atoms with Gasteiger partial charge in [-0.3, -0.25) is 19.9 Å². The van der Waals surface area contributed by atoms with Gasteiger partial charge in [0.05, 0.1) is 23.3 Å². The molecule has 5 rings (SSSR count). The minimum absolute atomic E-state index is 0.172. The van der Waals surface area contributed by atoms with Crippen LogP contribution in [0.5, 0.6) is 0 Å². The van der Waals surface area contributed by atoms with E-state index in [-0.39, 0.29) is 16.5 Å². The molecule has 2 aromatic heterocycles. The Labute approximate surface area is 200 Å². The summed E-state index contributed by atoms with van der Waals surface area (Å²) in [5.74, 6) is -0.564. The number of anilines is 1.